The number of piperidine rings is 1. The van der Waals surface area contributed by atoms with Crippen molar-refractivity contribution < 1.29 is 0 Å². The van der Waals surface area contributed by atoms with Crippen molar-refractivity contribution >= 4 is 11.3 Å². The number of thiazole rings is 1. The summed E-state index contributed by atoms with van der Waals surface area (Å²) in [5.74, 6) is 0.841. The predicted octanol–water partition coefficient (Wildman–Crippen LogP) is 1.99. The highest BCUT2D eigenvalue weighted by Gasteiger charge is 2.14. The Balaban J connectivity index is 1.89. The van der Waals surface area contributed by atoms with E-state index in [1.54, 1.807) is 0 Å². The van der Waals surface area contributed by atoms with Crippen molar-refractivity contribution in [2.24, 2.45) is 5.92 Å². The van der Waals surface area contributed by atoms with E-state index in [1.807, 2.05) is 17.5 Å². The second-order valence-electron chi connectivity index (χ2n) is 3.76. The molecule has 72 valence electrons. The van der Waals surface area contributed by atoms with Crippen LogP contribution in [0.4, 0.5) is 0 Å². The van der Waals surface area contributed by atoms with Gasteiger partial charge in [-0.15, -0.1) is 11.3 Å². The van der Waals surface area contributed by atoms with Crippen LogP contribution in [0.3, 0.4) is 0 Å². The Kier molecular flexibility index (Phi) is 2.96. The molecule has 3 heteroatoms. The van der Waals surface area contributed by atoms with E-state index in [4.69, 9.17) is 0 Å². The van der Waals surface area contributed by atoms with Crippen LogP contribution in [0.2, 0.25) is 0 Å². The molecule has 2 nitrogen and oxygen atoms in total. The van der Waals surface area contributed by atoms with Crippen LogP contribution in [0.25, 0.3) is 0 Å². The lowest BCUT2D eigenvalue weighted by Gasteiger charge is -2.21. The molecule has 1 fully saturated rings. The van der Waals surface area contributed by atoms with Crippen molar-refractivity contribution in [2.75, 3.05) is 13.1 Å². The van der Waals surface area contributed by atoms with E-state index in [9.17, 15) is 0 Å². The second kappa shape index (κ2) is 4.20. The fraction of sp³-hybridized carbons (Fsp3) is 0.700. The second-order valence-corrected chi connectivity index (χ2v) is 5.08. The van der Waals surface area contributed by atoms with Gasteiger partial charge in [0, 0.05) is 11.1 Å². The van der Waals surface area contributed by atoms with Crippen molar-refractivity contribution in [2.45, 2.75) is 26.2 Å². The molecular weight excluding hydrogens is 180 g/mol. The molecule has 0 spiro atoms. The molecule has 1 aromatic rings. The minimum atomic E-state index is 0.841. The number of aryl methyl sites for hydroxylation is 1. The molecular formula is C10H16N2S. The minimum absolute atomic E-state index is 0.841. The first-order chi connectivity index (χ1) is 6.34. The highest BCUT2D eigenvalue weighted by molar-refractivity contribution is 7.11. The summed E-state index contributed by atoms with van der Waals surface area (Å²) in [7, 11) is 0. The standard InChI is InChI=1S/C10H16N2S/c1-8-12-7-10(13-8)5-9-3-2-4-11-6-9/h7,9,11H,2-6H2,1H3. The van der Waals surface area contributed by atoms with Crippen LogP contribution in [0.5, 0.6) is 0 Å². The van der Waals surface area contributed by atoms with E-state index in [-0.39, 0.29) is 0 Å². The van der Waals surface area contributed by atoms with E-state index in [0.29, 0.717) is 0 Å². The Morgan fingerprint density at radius 1 is 1.69 bits per heavy atom. The van der Waals surface area contributed by atoms with Crippen LogP contribution in [0, 0.1) is 12.8 Å². The van der Waals surface area contributed by atoms with Crippen molar-refractivity contribution in [3.05, 3.63) is 16.1 Å². The molecule has 1 saturated heterocycles. The lowest BCUT2D eigenvalue weighted by atomic mass is 9.96. The monoisotopic (exact) mass is 196 g/mol. The van der Waals surface area contributed by atoms with Crippen LogP contribution < -0.4 is 5.32 Å². The van der Waals surface area contributed by atoms with Gasteiger partial charge in [-0.25, -0.2) is 4.98 Å². The number of hydrogen-bond acceptors (Lipinski definition) is 3. The van der Waals surface area contributed by atoms with Crippen LogP contribution in [0.1, 0.15) is 22.7 Å². The van der Waals surface area contributed by atoms with Gasteiger partial charge in [0.15, 0.2) is 0 Å². The summed E-state index contributed by atoms with van der Waals surface area (Å²) in [4.78, 5) is 5.73. The Hall–Kier alpha value is -0.410. The smallest absolute Gasteiger partial charge is 0.0896 e. The van der Waals surface area contributed by atoms with Gasteiger partial charge in [0.25, 0.3) is 0 Å². The number of nitrogens with one attached hydrogen (secondary N) is 1. The van der Waals surface area contributed by atoms with Crippen molar-refractivity contribution in [1.29, 1.82) is 0 Å². The molecule has 0 amide bonds. The van der Waals surface area contributed by atoms with Gasteiger partial charge in [0.1, 0.15) is 0 Å². The maximum atomic E-state index is 4.28. The third kappa shape index (κ3) is 2.51. The number of rotatable bonds is 2. The van der Waals surface area contributed by atoms with Gasteiger partial charge in [-0.3, -0.25) is 0 Å². The molecule has 2 rings (SSSR count). The molecule has 0 bridgehead atoms. The Bertz CT molecular complexity index is 264. The summed E-state index contributed by atoms with van der Waals surface area (Å²) < 4.78 is 0. The van der Waals surface area contributed by atoms with Gasteiger partial charge in [0.05, 0.1) is 5.01 Å². The van der Waals surface area contributed by atoms with Crippen molar-refractivity contribution in [3.8, 4) is 0 Å². The molecule has 1 aliphatic heterocycles. The minimum Gasteiger partial charge on any atom is -0.316 e. The van der Waals surface area contributed by atoms with E-state index >= 15 is 0 Å². The molecule has 1 aromatic heterocycles. The van der Waals surface area contributed by atoms with Gasteiger partial charge in [-0.05, 0) is 45.2 Å². The third-order valence-corrected chi connectivity index (χ3v) is 3.49. The summed E-state index contributed by atoms with van der Waals surface area (Å²) in [5, 5.41) is 4.64. The summed E-state index contributed by atoms with van der Waals surface area (Å²) in [6.45, 7) is 4.47. The summed E-state index contributed by atoms with van der Waals surface area (Å²) in [6.07, 6.45) is 5.97. The van der Waals surface area contributed by atoms with Gasteiger partial charge in [-0.2, -0.15) is 0 Å². The van der Waals surface area contributed by atoms with Crippen LogP contribution in [-0.4, -0.2) is 18.1 Å². The number of nitrogens with zero attached hydrogens (tertiary/aromatic N) is 1. The zero-order valence-corrected chi connectivity index (χ0v) is 8.86. The van der Waals surface area contributed by atoms with E-state index < -0.39 is 0 Å². The normalized spacial score (nSPS) is 23.3. The SMILES string of the molecule is Cc1ncc(CC2CCCNC2)s1. The zero-order valence-electron chi connectivity index (χ0n) is 8.05. The number of hydrogen-bond donors (Lipinski definition) is 1. The maximum absolute atomic E-state index is 4.28. The summed E-state index contributed by atoms with van der Waals surface area (Å²) in [5.41, 5.74) is 0. The third-order valence-electron chi connectivity index (χ3n) is 2.56. The van der Waals surface area contributed by atoms with E-state index in [0.717, 1.165) is 5.92 Å². The molecule has 13 heavy (non-hydrogen) atoms. The van der Waals surface area contributed by atoms with Gasteiger partial charge in [0.2, 0.25) is 0 Å². The van der Waals surface area contributed by atoms with Crippen LogP contribution in [-0.2, 0) is 6.42 Å². The predicted molar refractivity (Wildman–Crippen MR) is 56.1 cm³/mol. The first kappa shape index (κ1) is 9.16. The molecule has 1 atom stereocenters. The Labute approximate surface area is 83.4 Å². The molecule has 0 radical (unpaired) electrons. The number of aromatic nitrogens is 1. The maximum Gasteiger partial charge on any atom is 0.0896 e. The van der Waals surface area contributed by atoms with Gasteiger partial charge >= 0.3 is 0 Å². The molecule has 1 N–H and O–H groups in total. The lowest BCUT2D eigenvalue weighted by Crippen LogP contribution is -2.30. The van der Waals surface area contributed by atoms with E-state index in [2.05, 4.69) is 17.2 Å². The molecule has 0 aromatic carbocycles. The Morgan fingerprint density at radius 2 is 2.62 bits per heavy atom. The topological polar surface area (TPSA) is 24.9 Å². The molecule has 0 aliphatic carbocycles. The van der Waals surface area contributed by atoms with Crippen molar-refractivity contribution in [3.63, 3.8) is 0 Å². The van der Waals surface area contributed by atoms with Gasteiger partial charge in [-0.1, -0.05) is 0 Å². The molecule has 2 heterocycles. The Morgan fingerprint density at radius 3 is 3.23 bits per heavy atom. The van der Waals surface area contributed by atoms with Crippen LogP contribution in [0.15, 0.2) is 6.20 Å². The lowest BCUT2D eigenvalue weighted by molar-refractivity contribution is 0.377. The first-order valence-electron chi connectivity index (χ1n) is 4.96. The molecule has 0 saturated carbocycles. The van der Waals surface area contributed by atoms with E-state index in [1.165, 1.54) is 42.2 Å². The highest BCUT2D eigenvalue weighted by atomic mass is 32.1. The average molecular weight is 196 g/mol. The fourth-order valence-corrected chi connectivity index (χ4v) is 2.79. The molecule has 1 aliphatic rings. The average Bonchev–Trinajstić information content (AvgIpc) is 2.53. The highest BCUT2D eigenvalue weighted by Crippen LogP contribution is 2.20. The molecule has 1 unspecified atom stereocenters. The zero-order chi connectivity index (χ0) is 9.10. The quantitative estimate of drug-likeness (QED) is 0.782. The van der Waals surface area contributed by atoms with Crippen LogP contribution >= 0.6 is 11.3 Å². The van der Waals surface area contributed by atoms with Crippen molar-refractivity contribution in [1.82, 2.24) is 10.3 Å². The summed E-state index contributed by atoms with van der Waals surface area (Å²) >= 11 is 1.84. The fourth-order valence-electron chi connectivity index (χ4n) is 1.88. The van der Waals surface area contributed by atoms with Gasteiger partial charge < -0.3 is 5.32 Å². The largest absolute Gasteiger partial charge is 0.316 e. The first-order valence-corrected chi connectivity index (χ1v) is 5.78. The summed E-state index contributed by atoms with van der Waals surface area (Å²) in [6, 6.07) is 0.